The Morgan fingerprint density at radius 1 is 1.24 bits per heavy atom. The zero-order valence-corrected chi connectivity index (χ0v) is 17.3. The number of ether oxygens (including phenoxy) is 1. The van der Waals surface area contributed by atoms with Crippen LogP contribution in [0.25, 0.3) is 0 Å². The van der Waals surface area contributed by atoms with E-state index in [1.807, 2.05) is 25.1 Å². The predicted octanol–water partition coefficient (Wildman–Crippen LogP) is 2.34. The summed E-state index contributed by atoms with van der Waals surface area (Å²) in [6.45, 7) is 3.22. The maximum Gasteiger partial charge on any atom is 0.240 e. The van der Waals surface area contributed by atoms with Crippen molar-refractivity contribution in [3.8, 4) is 0 Å². The second-order valence-electron chi connectivity index (χ2n) is 7.25. The number of pyridine rings is 1. The van der Waals surface area contributed by atoms with Crippen LogP contribution in [0.3, 0.4) is 0 Å². The van der Waals surface area contributed by atoms with Crippen LogP contribution in [0.15, 0.2) is 53.7 Å². The van der Waals surface area contributed by atoms with Gasteiger partial charge in [0.2, 0.25) is 15.9 Å². The van der Waals surface area contributed by atoms with Crippen LogP contribution in [-0.4, -0.2) is 39.1 Å². The molecule has 1 atom stereocenters. The van der Waals surface area contributed by atoms with E-state index in [1.165, 1.54) is 0 Å². The topological polar surface area (TPSA) is 97.4 Å². The lowest BCUT2D eigenvalue weighted by Crippen LogP contribution is -2.37. The maximum absolute atomic E-state index is 12.5. The molecule has 0 bridgehead atoms. The summed E-state index contributed by atoms with van der Waals surface area (Å²) in [5.41, 5.74) is 1.81. The smallest absolute Gasteiger partial charge is 0.240 e. The van der Waals surface area contributed by atoms with Crippen LogP contribution in [0.5, 0.6) is 0 Å². The highest BCUT2D eigenvalue weighted by atomic mass is 32.2. The highest BCUT2D eigenvalue weighted by molar-refractivity contribution is 7.89. The average Bonchev–Trinajstić information content (AvgIpc) is 2.73. The van der Waals surface area contributed by atoms with Crippen LogP contribution in [0.2, 0.25) is 0 Å². The van der Waals surface area contributed by atoms with Gasteiger partial charge in [0.25, 0.3) is 0 Å². The Bertz CT molecular complexity index is 913. The molecule has 2 heterocycles. The number of carbonyl (C=O) groups is 1. The Balaban J connectivity index is 1.59. The van der Waals surface area contributed by atoms with Crippen molar-refractivity contribution in [2.45, 2.75) is 37.1 Å². The van der Waals surface area contributed by atoms with Gasteiger partial charge in [-0.15, -0.1) is 0 Å². The molecule has 29 heavy (non-hydrogen) atoms. The van der Waals surface area contributed by atoms with E-state index in [-0.39, 0.29) is 35.7 Å². The van der Waals surface area contributed by atoms with Gasteiger partial charge in [-0.3, -0.25) is 9.78 Å². The molecule has 1 aliphatic rings. The van der Waals surface area contributed by atoms with E-state index in [1.54, 1.807) is 30.6 Å². The predicted molar refractivity (Wildman–Crippen MR) is 110 cm³/mol. The van der Waals surface area contributed by atoms with E-state index in [9.17, 15) is 13.2 Å². The van der Waals surface area contributed by atoms with E-state index in [0.29, 0.717) is 13.2 Å². The van der Waals surface area contributed by atoms with Gasteiger partial charge in [-0.25, -0.2) is 13.1 Å². The van der Waals surface area contributed by atoms with Crippen LogP contribution in [-0.2, 0) is 19.6 Å². The second-order valence-corrected chi connectivity index (χ2v) is 9.01. The summed E-state index contributed by atoms with van der Waals surface area (Å²) in [5.74, 6) is 0.0678. The largest absolute Gasteiger partial charge is 0.381 e. The van der Waals surface area contributed by atoms with Gasteiger partial charge in [0.1, 0.15) is 0 Å². The fraction of sp³-hybridized carbons (Fsp3) is 0.429. The van der Waals surface area contributed by atoms with Crippen molar-refractivity contribution in [2.24, 2.45) is 5.92 Å². The van der Waals surface area contributed by atoms with Crippen molar-refractivity contribution < 1.29 is 17.9 Å². The van der Waals surface area contributed by atoms with Gasteiger partial charge in [-0.2, -0.15) is 0 Å². The molecule has 1 aliphatic heterocycles. The fourth-order valence-electron chi connectivity index (χ4n) is 3.49. The molecule has 1 saturated heterocycles. The minimum absolute atomic E-state index is 0.0373. The van der Waals surface area contributed by atoms with Crippen molar-refractivity contribution in [3.05, 3.63) is 59.9 Å². The average molecular weight is 418 g/mol. The number of nitrogens with one attached hydrogen (secondary N) is 2. The molecule has 0 spiro atoms. The third kappa shape index (κ3) is 6.09. The molecule has 2 aromatic rings. The Labute approximate surface area is 171 Å². The number of aryl methyl sites for hydroxylation is 1. The number of rotatable bonds is 8. The van der Waals surface area contributed by atoms with Crippen molar-refractivity contribution >= 4 is 15.9 Å². The molecule has 1 amide bonds. The Morgan fingerprint density at radius 2 is 2.03 bits per heavy atom. The molecule has 1 aromatic heterocycles. The Kier molecular flexibility index (Phi) is 7.35. The maximum atomic E-state index is 12.5. The van der Waals surface area contributed by atoms with E-state index >= 15 is 0 Å². The minimum atomic E-state index is -3.64. The van der Waals surface area contributed by atoms with Gasteiger partial charge in [0, 0.05) is 38.6 Å². The summed E-state index contributed by atoms with van der Waals surface area (Å²) in [5, 5.41) is 3.07. The van der Waals surface area contributed by atoms with E-state index < -0.39 is 10.0 Å². The van der Waals surface area contributed by atoms with Gasteiger partial charge in [-0.05, 0) is 55.0 Å². The van der Waals surface area contributed by atoms with Crippen molar-refractivity contribution in [2.75, 3.05) is 19.8 Å². The standard InChI is InChI=1S/C21H27N3O4S/c1-16-4-2-6-19(14-16)29(26,27)23-11-7-20(25)24-21(17-8-12-28-13-9-17)18-5-3-10-22-15-18/h2-6,10,14-15,17,21,23H,7-9,11-13H2,1H3,(H,24,25). The molecule has 1 aromatic carbocycles. The van der Waals surface area contributed by atoms with Crippen LogP contribution >= 0.6 is 0 Å². The molecule has 1 fully saturated rings. The number of nitrogens with zero attached hydrogens (tertiary/aromatic N) is 1. The number of hydrogen-bond donors (Lipinski definition) is 2. The number of benzene rings is 1. The molecule has 1 unspecified atom stereocenters. The minimum Gasteiger partial charge on any atom is -0.381 e. The van der Waals surface area contributed by atoms with Crippen molar-refractivity contribution in [3.63, 3.8) is 0 Å². The molecule has 7 nitrogen and oxygen atoms in total. The van der Waals surface area contributed by atoms with Gasteiger partial charge >= 0.3 is 0 Å². The van der Waals surface area contributed by atoms with Gasteiger partial charge in [-0.1, -0.05) is 18.2 Å². The monoisotopic (exact) mass is 417 g/mol. The first kappa shape index (κ1) is 21.4. The summed E-state index contributed by atoms with van der Waals surface area (Å²) in [7, 11) is -3.64. The van der Waals surface area contributed by atoms with Gasteiger partial charge in [0.15, 0.2) is 0 Å². The van der Waals surface area contributed by atoms with Crippen LogP contribution in [0.4, 0.5) is 0 Å². The Hall–Kier alpha value is -2.29. The lowest BCUT2D eigenvalue weighted by atomic mass is 9.87. The van der Waals surface area contributed by atoms with Crippen LogP contribution in [0, 0.1) is 12.8 Å². The zero-order valence-electron chi connectivity index (χ0n) is 16.5. The number of aromatic nitrogens is 1. The lowest BCUT2D eigenvalue weighted by Gasteiger charge is -2.31. The first-order valence-electron chi connectivity index (χ1n) is 9.79. The second kappa shape index (κ2) is 9.96. The molecule has 0 aliphatic carbocycles. The van der Waals surface area contributed by atoms with Crippen LogP contribution in [0.1, 0.15) is 36.4 Å². The van der Waals surface area contributed by atoms with Crippen LogP contribution < -0.4 is 10.0 Å². The summed E-state index contributed by atoms with van der Waals surface area (Å²) in [4.78, 5) is 16.9. The molecule has 3 rings (SSSR count). The first-order valence-corrected chi connectivity index (χ1v) is 11.3. The van der Waals surface area contributed by atoms with E-state index in [0.717, 1.165) is 24.0 Å². The molecular weight excluding hydrogens is 390 g/mol. The number of hydrogen-bond acceptors (Lipinski definition) is 5. The van der Waals surface area contributed by atoms with Gasteiger partial charge in [0.05, 0.1) is 10.9 Å². The van der Waals surface area contributed by atoms with E-state index in [2.05, 4.69) is 15.0 Å². The molecular formula is C21H27N3O4S. The SMILES string of the molecule is Cc1cccc(S(=O)(=O)NCCC(=O)NC(c2cccnc2)C2CCOCC2)c1. The molecule has 0 radical (unpaired) electrons. The lowest BCUT2D eigenvalue weighted by molar-refractivity contribution is -0.122. The highest BCUT2D eigenvalue weighted by Gasteiger charge is 2.27. The quantitative estimate of drug-likeness (QED) is 0.687. The summed E-state index contributed by atoms with van der Waals surface area (Å²) < 4.78 is 32.7. The number of sulfonamides is 1. The number of amides is 1. The Morgan fingerprint density at radius 3 is 2.72 bits per heavy atom. The third-order valence-corrected chi connectivity index (χ3v) is 6.50. The summed E-state index contributed by atoms with van der Waals surface area (Å²) >= 11 is 0. The summed E-state index contributed by atoms with van der Waals surface area (Å²) in [6, 6.07) is 10.3. The highest BCUT2D eigenvalue weighted by Crippen LogP contribution is 2.29. The zero-order chi connectivity index (χ0) is 20.7. The molecule has 2 N–H and O–H groups in total. The molecule has 0 saturated carbocycles. The van der Waals surface area contributed by atoms with E-state index in [4.69, 9.17) is 4.74 Å². The van der Waals surface area contributed by atoms with Crippen molar-refractivity contribution in [1.29, 1.82) is 0 Å². The molecule has 156 valence electrons. The normalized spacial score (nSPS) is 16.3. The molecule has 8 heteroatoms. The fourth-order valence-corrected chi connectivity index (χ4v) is 4.63. The first-order chi connectivity index (χ1) is 14.0. The third-order valence-electron chi connectivity index (χ3n) is 5.04. The summed E-state index contributed by atoms with van der Waals surface area (Å²) in [6.07, 6.45) is 5.25. The van der Waals surface area contributed by atoms with Gasteiger partial charge < -0.3 is 10.1 Å². The number of carbonyl (C=O) groups excluding carboxylic acids is 1. The van der Waals surface area contributed by atoms with Crippen molar-refractivity contribution in [1.82, 2.24) is 15.0 Å².